The van der Waals surface area contributed by atoms with E-state index in [9.17, 15) is 0 Å². The number of nitrogens with zero attached hydrogens (tertiary/aromatic N) is 5. The molecule has 5 heteroatoms. The summed E-state index contributed by atoms with van der Waals surface area (Å²) in [7, 11) is 0. The lowest BCUT2D eigenvalue weighted by Crippen LogP contribution is -1.95. The minimum Gasteiger partial charge on any atom is -0.265 e. The predicted octanol–water partition coefficient (Wildman–Crippen LogP) is 8.66. The molecule has 4 aromatic carbocycles. The maximum atomic E-state index is 4.86. The molecule has 7 rings (SSSR count). The molecule has 3 heterocycles. The van der Waals surface area contributed by atoms with Crippen LogP contribution >= 0.6 is 0 Å². The molecule has 0 aliphatic rings. The van der Waals surface area contributed by atoms with Crippen molar-refractivity contribution in [2.24, 2.45) is 0 Å². The van der Waals surface area contributed by atoms with Crippen LogP contribution in [-0.2, 0) is 0 Å². The molecule has 0 atom stereocenters. The van der Waals surface area contributed by atoms with Crippen LogP contribution in [-0.4, -0.2) is 24.9 Å². The van der Waals surface area contributed by atoms with E-state index in [4.69, 9.17) is 4.98 Å². The molecule has 0 saturated heterocycles. The van der Waals surface area contributed by atoms with Gasteiger partial charge in [-0.15, -0.1) is 0 Å². The summed E-state index contributed by atoms with van der Waals surface area (Å²) in [4.78, 5) is 22.1. The first-order valence-corrected chi connectivity index (χ1v) is 13.7. The number of pyridine rings is 2. The van der Waals surface area contributed by atoms with Gasteiger partial charge in [0.1, 0.15) is 6.33 Å². The van der Waals surface area contributed by atoms with Gasteiger partial charge in [-0.25, -0.2) is 15.0 Å². The van der Waals surface area contributed by atoms with E-state index in [2.05, 4.69) is 92.7 Å². The Labute approximate surface area is 244 Å². The Bertz CT molecular complexity index is 1810. The first-order chi connectivity index (χ1) is 20.8. The zero-order chi connectivity index (χ0) is 28.1. The molecule has 5 nitrogen and oxygen atoms in total. The SMILES string of the molecule is c1cc(-c2ccc(-c3ccncc3)cc2)cc(-c2ncnc(-c3cccc(-c4ccc(-c5ccncc5)cc4)c3)n2)c1. The first-order valence-electron chi connectivity index (χ1n) is 13.7. The van der Waals surface area contributed by atoms with Gasteiger partial charge in [0.25, 0.3) is 0 Å². The van der Waals surface area contributed by atoms with Crippen molar-refractivity contribution in [1.82, 2.24) is 24.9 Å². The highest BCUT2D eigenvalue weighted by Crippen LogP contribution is 2.30. The summed E-state index contributed by atoms with van der Waals surface area (Å²) in [5, 5.41) is 0. The van der Waals surface area contributed by atoms with E-state index < -0.39 is 0 Å². The molecule has 0 aliphatic heterocycles. The third-order valence-electron chi connectivity index (χ3n) is 7.28. The van der Waals surface area contributed by atoms with Gasteiger partial charge in [-0.3, -0.25) is 9.97 Å². The number of rotatable bonds is 6. The van der Waals surface area contributed by atoms with Crippen LogP contribution in [0.15, 0.2) is 152 Å². The van der Waals surface area contributed by atoms with Crippen molar-refractivity contribution in [1.29, 1.82) is 0 Å². The largest absolute Gasteiger partial charge is 0.265 e. The van der Waals surface area contributed by atoms with Crippen LogP contribution in [0.1, 0.15) is 0 Å². The van der Waals surface area contributed by atoms with Crippen molar-refractivity contribution in [2.45, 2.75) is 0 Å². The molecule has 0 amide bonds. The zero-order valence-electron chi connectivity index (χ0n) is 22.7. The van der Waals surface area contributed by atoms with Crippen molar-refractivity contribution < 1.29 is 0 Å². The van der Waals surface area contributed by atoms with Gasteiger partial charge < -0.3 is 0 Å². The second-order valence-electron chi connectivity index (χ2n) is 9.92. The molecule has 0 N–H and O–H groups in total. The molecule has 0 spiro atoms. The third-order valence-corrected chi connectivity index (χ3v) is 7.28. The van der Waals surface area contributed by atoms with Crippen molar-refractivity contribution in [2.75, 3.05) is 0 Å². The van der Waals surface area contributed by atoms with Gasteiger partial charge in [-0.05, 0) is 80.9 Å². The van der Waals surface area contributed by atoms with Crippen LogP contribution in [0, 0.1) is 0 Å². The maximum absolute atomic E-state index is 4.86. The minimum absolute atomic E-state index is 0.641. The number of benzene rings is 4. The Morgan fingerprint density at radius 2 is 0.643 bits per heavy atom. The van der Waals surface area contributed by atoms with E-state index in [0.717, 1.165) is 55.6 Å². The second-order valence-corrected chi connectivity index (χ2v) is 9.92. The van der Waals surface area contributed by atoms with Crippen molar-refractivity contribution in [3.8, 4) is 67.3 Å². The van der Waals surface area contributed by atoms with Gasteiger partial charge >= 0.3 is 0 Å². The van der Waals surface area contributed by atoms with Gasteiger partial charge in [0.05, 0.1) is 0 Å². The van der Waals surface area contributed by atoms with E-state index in [-0.39, 0.29) is 0 Å². The summed E-state index contributed by atoms with van der Waals surface area (Å²) in [5.41, 5.74) is 11.0. The van der Waals surface area contributed by atoms with E-state index in [1.54, 1.807) is 6.33 Å². The van der Waals surface area contributed by atoms with Gasteiger partial charge in [0.15, 0.2) is 11.6 Å². The Kier molecular flexibility index (Phi) is 6.81. The van der Waals surface area contributed by atoms with Crippen molar-refractivity contribution in [3.63, 3.8) is 0 Å². The molecule has 198 valence electrons. The topological polar surface area (TPSA) is 64.5 Å². The second kappa shape index (κ2) is 11.4. The molecule has 42 heavy (non-hydrogen) atoms. The van der Waals surface area contributed by atoms with Crippen LogP contribution in [0.3, 0.4) is 0 Å². The van der Waals surface area contributed by atoms with Gasteiger partial charge in [-0.1, -0.05) is 84.9 Å². The fraction of sp³-hybridized carbons (Fsp3) is 0. The minimum atomic E-state index is 0.641. The Morgan fingerprint density at radius 3 is 1.05 bits per heavy atom. The van der Waals surface area contributed by atoms with E-state index >= 15 is 0 Å². The van der Waals surface area contributed by atoms with Gasteiger partial charge in [-0.2, -0.15) is 0 Å². The average Bonchev–Trinajstić information content (AvgIpc) is 3.09. The quantitative estimate of drug-likeness (QED) is 0.212. The fourth-order valence-electron chi connectivity index (χ4n) is 5.05. The standard InChI is InChI=1S/C37H25N5/c1-3-32(28-11-7-26(8-12-28)30-15-19-38-20-16-30)23-34(5-1)36-40-25-41-37(42-36)35-6-2-4-33(24-35)29-13-9-27(10-14-29)31-17-21-39-22-18-31/h1-25H. The Morgan fingerprint density at radius 1 is 0.310 bits per heavy atom. The molecule has 0 fully saturated rings. The molecule has 0 unspecified atom stereocenters. The average molecular weight is 540 g/mol. The lowest BCUT2D eigenvalue weighted by Gasteiger charge is -2.09. The summed E-state index contributed by atoms with van der Waals surface area (Å²) in [6, 6.07) is 41.8. The molecule has 7 aromatic rings. The number of hydrogen-bond donors (Lipinski definition) is 0. The van der Waals surface area contributed by atoms with Crippen LogP contribution < -0.4 is 0 Å². The molecular formula is C37H25N5. The van der Waals surface area contributed by atoms with E-state index in [0.29, 0.717) is 11.6 Å². The Hall–Kier alpha value is -5.81. The van der Waals surface area contributed by atoms with E-state index in [1.807, 2.05) is 73.3 Å². The number of aromatic nitrogens is 5. The summed E-state index contributed by atoms with van der Waals surface area (Å²) in [6.45, 7) is 0. The molecule has 0 saturated carbocycles. The highest BCUT2D eigenvalue weighted by molar-refractivity contribution is 5.75. The van der Waals surface area contributed by atoms with Crippen LogP contribution in [0.2, 0.25) is 0 Å². The summed E-state index contributed by atoms with van der Waals surface area (Å²) < 4.78 is 0. The lowest BCUT2D eigenvalue weighted by molar-refractivity contribution is 1.07. The molecule has 0 aliphatic carbocycles. The van der Waals surface area contributed by atoms with Crippen LogP contribution in [0.4, 0.5) is 0 Å². The van der Waals surface area contributed by atoms with E-state index in [1.165, 1.54) is 0 Å². The molecule has 0 radical (unpaired) electrons. The molecule has 0 bridgehead atoms. The first kappa shape index (κ1) is 25.2. The van der Waals surface area contributed by atoms with Crippen molar-refractivity contribution >= 4 is 0 Å². The summed E-state index contributed by atoms with van der Waals surface area (Å²) in [6.07, 6.45) is 8.84. The van der Waals surface area contributed by atoms with Gasteiger partial charge in [0, 0.05) is 35.9 Å². The zero-order valence-corrected chi connectivity index (χ0v) is 22.7. The highest BCUT2D eigenvalue weighted by Gasteiger charge is 2.10. The Balaban J connectivity index is 1.15. The normalized spacial score (nSPS) is 10.9. The van der Waals surface area contributed by atoms with Crippen molar-refractivity contribution in [3.05, 3.63) is 152 Å². The smallest absolute Gasteiger partial charge is 0.163 e. The predicted molar refractivity (Wildman–Crippen MR) is 168 cm³/mol. The number of hydrogen-bond acceptors (Lipinski definition) is 5. The lowest BCUT2D eigenvalue weighted by atomic mass is 9.99. The highest BCUT2D eigenvalue weighted by atomic mass is 15.0. The van der Waals surface area contributed by atoms with Crippen LogP contribution in [0.5, 0.6) is 0 Å². The molecular weight excluding hydrogens is 514 g/mol. The summed E-state index contributed by atoms with van der Waals surface area (Å²) >= 11 is 0. The van der Waals surface area contributed by atoms with Crippen LogP contribution in [0.25, 0.3) is 67.3 Å². The third kappa shape index (κ3) is 5.31. The van der Waals surface area contributed by atoms with Gasteiger partial charge in [0.2, 0.25) is 0 Å². The fourth-order valence-corrected chi connectivity index (χ4v) is 5.05. The molecule has 3 aromatic heterocycles. The maximum Gasteiger partial charge on any atom is 0.163 e. The monoisotopic (exact) mass is 539 g/mol. The summed E-state index contributed by atoms with van der Waals surface area (Å²) in [5.74, 6) is 1.28.